The van der Waals surface area contributed by atoms with E-state index in [2.05, 4.69) is 6.58 Å². The van der Waals surface area contributed by atoms with Crippen molar-refractivity contribution < 1.29 is 33.0 Å². The maximum Gasteiger partial charge on any atom is 0.392 e. The van der Waals surface area contributed by atoms with E-state index in [-0.39, 0.29) is 5.57 Å². The lowest BCUT2D eigenvalue weighted by Gasteiger charge is -2.00. The summed E-state index contributed by atoms with van der Waals surface area (Å²) in [7, 11) is 0. The Bertz CT molecular complexity index is 292. The Balaban J connectivity index is 0. The minimum Gasteiger partial charge on any atom is -0.478 e. The molecule has 0 aromatic heterocycles. The van der Waals surface area contributed by atoms with Crippen molar-refractivity contribution in [2.75, 3.05) is 0 Å². The number of halogens is 3. The molecule has 0 fully saturated rings. The highest BCUT2D eigenvalue weighted by atomic mass is 19.4. The molecule has 0 aliphatic heterocycles. The van der Waals surface area contributed by atoms with Crippen LogP contribution in [0, 0.1) is 0 Å². The summed E-state index contributed by atoms with van der Waals surface area (Å²) >= 11 is 0. The van der Waals surface area contributed by atoms with Gasteiger partial charge in [-0.05, 0) is 6.92 Å². The SMILES string of the molecule is C=CC(=O)O.CC(=CCC(F)(F)F)C(=O)O. The van der Waals surface area contributed by atoms with Crippen LogP contribution in [0.15, 0.2) is 24.3 Å². The van der Waals surface area contributed by atoms with Crippen molar-refractivity contribution in [3.63, 3.8) is 0 Å². The predicted octanol–water partition coefficient (Wildman–Crippen LogP) is 2.23. The molecule has 0 atom stereocenters. The second-order valence-corrected chi connectivity index (χ2v) is 2.55. The lowest BCUT2D eigenvalue weighted by molar-refractivity contribution is -0.133. The minimum atomic E-state index is -4.32. The van der Waals surface area contributed by atoms with Gasteiger partial charge in [0.1, 0.15) is 0 Å². The van der Waals surface area contributed by atoms with Crippen molar-refractivity contribution in [1.29, 1.82) is 0 Å². The number of carboxylic acids is 2. The molecular weight excluding hydrogens is 229 g/mol. The number of hydrogen-bond acceptors (Lipinski definition) is 2. The molecule has 7 heteroatoms. The Morgan fingerprint density at radius 3 is 1.88 bits per heavy atom. The molecule has 0 aromatic rings. The fraction of sp³-hybridized carbons (Fsp3) is 0.333. The zero-order chi connectivity index (χ0) is 13.4. The van der Waals surface area contributed by atoms with Gasteiger partial charge in [0.05, 0.1) is 6.42 Å². The lowest BCUT2D eigenvalue weighted by Crippen LogP contribution is -2.06. The van der Waals surface area contributed by atoms with E-state index >= 15 is 0 Å². The van der Waals surface area contributed by atoms with Crippen LogP contribution in [0.5, 0.6) is 0 Å². The number of carbonyl (C=O) groups is 2. The molecule has 0 rings (SSSR count). The van der Waals surface area contributed by atoms with Gasteiger partial charge in [-0.15, -0.1) is 0 Å². The summed E-state index contributed by atoms with van der Waals surface area (Å²) in [6, 6.07) is 0. The van der Waals surface area contributed by atoms with Gasteiger partial charge in [0, 0.05) is 11.6 Å². The Morgan fingerprint density at radius 2 is 1.69 bits per heavy atom. The zero-order valence-corrected chi connectivity index (χ0v) is 8.41. The fourth-order valence-corrected chi connectivity index (χ4v) is 0.356. The second kappa shape index (κ2) is 7.49. The summed E-state index contributed by atoms with van der Waals surface area (Å²) in [5.41, 5.74) is -0.290. The molecule has 0 aliphatic rings. The average Bonchev–Trinajstić information content (AvgIpc) is 2.13. The molecule has 0 amide bonds. The maximum absolute atomic E-state index is 11.4. The van der Waals surface area contributed by atoms with E-state index in [9.17, 15) is 22.8 Å². The Labute approximate surface area is 89.7 Å². The molecule has 0 aromatic carbocycles. The normalized spacial score (nSPS) is 11.1. The Kier molecular flexibility index (Phi) is 7.79. The molecule has 4 nitrogen and oxygen atoms in total. The molecule has 92 valence electrons. The molecule has 0 heterocycles. The minimum absolute atomic E-state index is 0.290. The maximum atomic E-state index is 11.4. The quantitative estimate of drug-likeness (QED) is 0.742. The van der Waals surface area contributed by atoms with Gasteiger partial charge < -0.3 is 10.2 Å². The average molecular weight is 240 g/mol. The standard InChI is InChI=1S/C6H7F3O2.C3H4O2/c1-4(5(10)11)2-3-6(7,8)9;1-2-3(4)5/h2H,3H2,1H3,(H,10,11);2H,1H2,(H,4,5). The van der Waals surface area contributed by atoms with E-state index in [0.29, 0.717) is 6.08 Å². The molecule has 2 N–H and O–H groups in total. The molecule has 0 saturated carbocycles. The first-order chi connectivity index (χ1) is 7.10. The first kappa shape index (κ1) is 16.6. The summed E-state index contributed by atoms with van der Waals surface area (Å²) in [5.74, 6) is -2.31. The van der Waals surface area contributed by atoms with Crippen LogP contribution >= 0.6 is 0 Å². The number of hydrogen-bond donors (Lipinski definition) is 2. The van der Waals surface area contributed by atoms with Crippen molar-refractivity contribution in [2.24, 2.45) is 0 Å². The number of carboxylic acid groups (broad SMARTS) is 2. The van der Waals surface area contributed by atoms with Gasteiger partial charge in [0.2, 0.25) is 0 Å². The smallest absolute Gasteiger partial charge is 0.392 e. The van der Waals surface area contributed by atoms with Gasteiger partial charge in [0.15, 0.2) is 0 Å². The van der Waals surface area contributed by atoms with Gasteiger partial charge in [-0.25, -0.2) is 9.59 Å². The van der Waals surface area contributed by atoms with Gasteiger partial charge in [-0.1, -0.05) is 12.7 Å². The molecule has 0 aliphatic carbocycles. The van der Waals surface area contributed by atoms with Crippen LogP contribution in [0.4, 0.5) is 13.2 Å². The van der Waals surface area contributed by atoms with Crippen molar-refractivity contribution in [1.82, 2.24) is 0 Å². The second-order valence-electron chi connectivity index (χ2n) is 2.55. The first-order valence-electron chi connectivity index (χ1n) is 3.92. The van der Waals surface area contributed by atoms with Crippen molar-refractivity contribution in [3.05, 3.63) is 24.3 Å². The van der Waals surface area contributed by atoms with Crippen LogP contribution in [-0.2, 0) is 9.59 Å². The first-order valence-corrected chi connectivity index (χ1v) is 3.92. The fourth-order valence-electron chi connectivity index (χ4n) is 0.356. The summed E-state index contributed by atoms with van der Waals surface area (Å²) in [5, 5.41) is 15.7. The number of rotatable bonds is 3. The highest BCUT2D eigenvalue weighted by molar-refractivity contribution is 5.85. The van der Waals surface area contributed by atoms with Crippen LogP contribution in [0.25, 0.3) is 0 Å². The van der Waals surface area contributed by atoms with Crippen LogP contribution in [0.3, 0.4) is 0 Å². The lowest BCUT2D eigenvalue weighted by atomic mass is 10.2. The molecule has 16 heavy (non-hydrogen) atoms. The van der Waals surface area contributed by atoms with Crippen LogP contribution in [0.1, 0.15) is 13.3 Å². The number of aliphatic carboxylic acids is 2. The monoisotopic (exact) mass is 240 g/mol. The van der Waals surface area contributed by atoms with Gasteiger partial charge in [-0.3, -0.25) is 0 Å². The van der Waals surface area contributed by atoms with Gasteiger partial charge >= 0.3 is 18.1 Å². The Hall–Kier alpha value is -1.79. The van der Waals surface area contributed by atoms with Crippen molar-refractivity contribution in [3.8, 4) is 0 Å². The van der Waals surface area contributed by atoms with E-state index in [4.69, 9.17) is 10.2 Å². The highest BCUT2D eigenvalue weighted by Gasteiger charge is 2.25. The summed E-state index contributed by atoms with van der Waals surface area (Å²) in [6.45, 7) is 4.08. The van der Waals surface area contributed by atoms with E-state index in [0.717, 1.165) is 13.0 Å². The molecule has 0 bridgehead atoms. The van der Waals surface area contributed by atoms with Crippen LogP contribution < -0.4 is 0 Å². The molecule has 0 radical (unpaired) electrons. The van der Waals surface area contributed by atoms with Gasteiger partial charge in [0.25, 0.3) is 0 Å². The van der Waals surface area contributed by atoms with E-state index in [1.165, 1.54) is 0 Å². The van der Waals surface area contributed by atoms with Crippen molar-refractivity contribution in [2.45, 2.75) is 19.5 Å². The third kappa shape index (κ3) is 14.7. The topological polar surface area (TPSA) is 74.6 Å². The number of alkyl halides is 3. The number of allylic oxidation sites excluding steroid dienone is 1. The molecular formula is C9H11F3O4. The summed E-state index contributed by atoms with van der Waals surface area (Å²) < 4.78 is 34.3. The van der Waals surface area contributed by atoms with E-state index < -0.39 is 24.5 Å². The van der Waals surface area contributed by atoms with Crippen molar-refractivity contribution >= 4 is 11.9 Å². The molecule has 0 spiro atoms. The third-order valence-corrected chi connectivity index (χ3v) is 1.15. The summed E-state index contributed by atoms with van der Waals surface area (Å²) in [4.78, 5) is 19.2. The van der Waals surface area contributed by atoms with Crippen LogP contribution in [0.2, 0.25) is 0 Å². The van der Waals surface area contributed by atoms with E-state index in [1.54, 1.807) is 0 Å². The van der Waals surface area contributed by atoms with E-state index in [1.807, 2.05) is 0 Å². The zero-order valence-electron chi connectivity index (χ0n) is 8.41. The molecule has 0 saturated heterocycles. The Morgan fingerprint density at radius 1 is 1.31 bits per heavy atom. The highest BCUT2D eigenvalue weighted by Crippen LogP contribution is 2.20. The molecule has 0 unspecified atom stereocenters. The third-order valence-electron chi connectivity index (χ3n) is 1.15. The summed E-state index contributed by atoms with van der Waals surface area (Å²) in [6.07, 6.45) is -4.04. The van der Waals surface area contributed by atoms with Crippen LogP contribution in [-0.4, -0.2) is 28.3 Å². The predicted molar refractivity (Wildman–Crippen MR) is 49.9 cm³/mol. The van der Waals surface area contributed by atoms with Gasteiger partial charge in [-0.2, -0.15) is 13.2 Å². The largest absolute Gasteiger partial charge is 0.478 e.